The van der Waals surface area contributed by atoms with E-state index in [0.717, 1.165) is 5.31 Å². The van der Waals surface area contributed by atoms with Crippen LogP contribution < -0.4 is 16.2 Å². The van der Waals surface area contributed by atoms with Gasteiger partial charge in [-0.2, -0.15) is 0 Å². The van der Waals surface area contributed by atoms with Gasteiger partial charge in [-0.1, -0.05) is 13.8 Å². The van der Waals surface area contributed by atoms with Crippen LogP contribution in [0.1, 0.15) is 15.2 Å². The fourth-order valence-corrected chi connectivity index (χ4v) is 0.651. The third-order valence-corrected chi connectivity index (χ3v) is 1.27. The topological polar surface area (TPSA) is 46.2 Å². The van der Waals surface area contributed by atoms with Gasteiger partial charge in [0.15, 0.2) is 1.41 Å². The molecule has 0 aliphatic carbocycles. The summed E-state index contributed by atoms with van der Waals surface area (Å²) in [6.07, 6.45) is 0. The molecule has 0 spiro atoms. The molecule has 0 radical (unpaired) electrons. The van der Waals surface area contributed by atoms with Crippen molar-refractivity contribution in [1.82, 2.24) is 0 Å². The summed E-state index contributed by atoms with van der Waals surface area (Å²) in [5.74, 6) is 0.223. The Bertz CT molecular complexity index is 379. The second-order valence-corrected chi connectivity index (χ2v) is 2.87. The van der Waals surface area contributed by atoms with E-state index in [2.05, 4.69) is 0 Å². The van der Waals surface area contributed by atoms with E-state index in [1.165, 1.54) is 0 Å². The van der Waals surface area contributed by atoms with Crippen LogP contribution >= 0.6 is 0 Å². The summed E-state index contributed by atoms with van der Waals surface area (Å²) in [7, 11) is 0. The van der Waals surface area contributed by atoms with Crippen LogP contribution in [0.2, 0.25) is 1.41 Å². The number of rotatable bonds is 3. The smallest absolute Gasteiger partial charge is 0.248 e. The minimum absolute atomic E-state index is 0.0706. The van der Waals surface area contributed by atoms with Gasteiger partial charge < -0.3 is 5.31 Å². The van der Waals surface area contributed by atoms with Crippen LogP contribution in [0.4, 0.5) is 5.69 Å². The first-order valence-corrected chi connectivity index (χ1v) is 3.51. The van der Waals surface area contributed by atoms with E-state index in [1.54, 1.807) is 0 Å². The monoisotopic (exact) mass is 157 g/mol. The van der Waals surface area contributed by atoms with Gasteiger partial charge in [0.2, 0.25) is 10.9 Å². The molecular weight excluding hydrogens is 142 g/mol. The Balaban J connectivity index is 2.86. The summed E-state index contributed by atoms with van der Waals surface area (Å²) < 4.78 is 14.5. The van der Waals surface area contributed by atoms with Crippen LogP contribution in [0.3, 0.4) is 0 Å². The zero-order valence-corrected chi connectivity index (χ0v) is 6.55. The van der Waals surface area contributed by atoms with E-state index in [9.17, 15) is 9.59 Å². The molecule has 1 aromatic carbocycles. The zero-order chi connectivity index (χ0) is 10.2. The van der Waals surface area contributed by atoms with Crippen LogP contribution in [-0.4, -0.2) is 6.54 Å². The van der Waals surface area contributed by atoms with Crippen molar-refractivity contribution in [2.45, 2.75) is 13.8 Å². The van der Waals surface area contributed by atoms with Gasteiger partial charge in [0, 0.05) is 12.6 Å². The largest absolute Gasteiger partial charge is 0.381 e. The molecule has 3 heteroatoms. The first-order chi connectivity index (χ1) is 5.95. The van der Waals surface area contributed by atoms with Crippen molar-refractivity contribution in [3.05, 3.63) is 26.5 Å². The second kappa shape index (κ2) is 2.86. The van der Waals surface area contributed by atoms with E-state index < -0.39 is 10.9 Å². The molecule has 0 saturated heterocycles. The van der Waals surface area contributed by atoms with Gasteiger partial charge in [0.1, 0.15) is 0 Å². The Hall–Kier alpha value is -1.12. The third kappa shape index (κ3) is 1.67. The first-order valence-electron chi connectivity index (χ1n) is 4.46. The van der Waals surface area contributed by atoms with E-state index in [1.807, 2.05) is 13.8 Å². The summed E-state index contributed by atoms with van der Waals surface area (Å²) in [6, 6.07) is -0.333. The molecule has 3 nitrogen and oxygen atoms in total. The highest BCUT2D eigenvalue weighted by Crippen LogP contribution is 1.98. The minimum Gasteiger partial charge on any atom is -0.381 e. The highest BCUT2D eigenvalue weighted by atomic mass is 16.2. The third-order valence-electron chi connectivity index (χ3n) is 1.27. The van der Waals surface area contributed by atoms with Gasteiger partial charge in [0.05, 0.1) is 7.06 Å². The molecule has 0 aliphatic heterocycles. The number of hydrogen-bond acceptors (Lipinski definition) is 3. The molecule has 1 N–H and O–H groups in total. The molecule has 0 atom stereocenters. The SMILES string of the molecule is [3H]c1c(N([3H])CC(C)C)c(=O)c1=O. The number of nitrogens with one attached hydrogen (secondary N) is 1. The Morgan fingerprint density at radius 1 is 1.73 bits per heavy atom. The molecule has 1 rings (SSSR count). The van der Waals surface area contributed by atoms with E-state index in [0.29, 0.717) is 6.54 Å². The van der Waals surface area contributed by atoms with Crippen molar-refractivity contribution in [2.24, 2.45) is 5.92 Å². The molecule has 0 fully saturated rings. The first kappa shape index (κ1) is 5.52. The summed E-state index contributed by atoms with van der Waals surface area (Å²) >= 11 is 0. The Kier molecular flexibility index (Phi) is 1.44. The van der Waals surface area contributed by atoms with Crippen molar-refractivity contribution >= 4 is 5.69 Å². The lowest BCUT2D eigenvalue weighted by Gasteiger charge is -2.07. The van der Waals surface area contributed by atoms with Crippen LogP contribution in [-0.2, 0) is 0 Å². The zero-order valence-electron chi connectivity index (χ0n) is 8.55. The highest BCUT2D eigenvalue weighted by molar-refractivity contribution is 5.46. The Morgan fingerprint density at radius 3 is 2.82 bits per heavy atom. The second-order valence-electron chi connectivity index (χ2n) is 2.87. The van der Waals surface area contributed by atoms with Gasteiger partial charge in [-0.05, 0) is 5.92 Å². The molecule has 0 bridgehead atoms. The molecule has 0 amide bonds. The Labute approximate surface area is 67.6 Å². The van der Waals surface area contributed by atoms with Gasteiger partial charge in [-0.3, -0.25) is 9.59 Å². The molecule has 0 unspecified atom stereocenters. The lowest BCUT2D eigenvalue weighted by molar-refractivity contribution is 0.688. The maximum absolute atomic E-state index is 10.9. The van der Waals surface area contributed by atoms with Gasteiger partial charge in [-0.25, -0.2) is 0 Å². The lowest BCUT2D eigenvalue weighted by Crippen LogP contribution is -2.33. The van der Waals surface area contributed by atoms with Crippen LogP contribution in [0, 0.1) is 5.92 Å². The summed E-state index contributed by atoms with van der Waals surface area (Å²) in [5.41, 5.74) is -1.56. The molecule has 0 heterocycles. The molecule has 1 aromatic rings. The van der Waals surface area contributed by atoms with E-state index in [-0.39, 0.29) is 17.6 Å². The number of anilines is 1. The predicted octanol–water partition coefficient (Wildman–Crippen LogP) is 0.350. The van der Waals surface area contributed by atoms with Gasteiger partial charge >= 0.3 is 0 Å². The summed E-state index contributed by atoms with van der Waals surface area (Å²) in [4.78, 5) is 21.6. The minimum atomic E-state index is -0.781. The summed E-state index contributed by atoms with van der Waals surface area (Å²) in [5, 5.41) is 0.927. The van der Waals surface area contributed by atoms with Crippen LogP contribution in [0.25, 0.3) is 0 Å². The van der Waals surface area contributed by atoms with Crippen molar-refractivity contribution in [3.63, 3.8) is 0 Å². The van der Waals surface area contributed by atoms with Crippen molar-refractivity contribution in [2.75, 3.05) is 11.9 Å². The highest BCUT2D eigenvalue weighted by Gasteiger charge is 2.07. The van der Waals surface area contributed by atoms with Crippen LogP contribution in [0.5, 0.6) is 0 Å². The van der Waals surface area contributed by atoms with Crippen molar-refractivity contribution in [3.8, 4) is 0 Å². The van der Waals surface area contributed by atoms with Gasteiger partial charge in [-0.15, -0.1) is 0 Å². The normalized spacial score (nSPS) is 13.4. The molecule has 0 aliphatic rings. The van der Waals surface area contributed by atoms with Crippen LogP contribution in [0.15, 0.2) is 15.6 Å². The number of hydrogen-bond donors (Lipinski definition) is 1. The fourth-order valence-electron chi connectivity index (χ4n) is 0.651. The molecule has 0 aromatic heterocycles. The molecule has 11 heavy (non-hydrogen) atoms. The average molecular weight is 157 g/mol. The quantitative estimate of drug-likeness (QED) is 0.644. The van der Waals surface area contributed by atoms with Crippen molar-refractivity contribution in [1.29, 1.82) is 0 Å². The predicted molar refractivity (Wildman–Crippen MR) is 44.7 cm³/mol. The lowest BCUT2D eigenvalue weighted by atomic mass is 10.2. The van der Waals surface area contributed by atoms with E-state index >= 15 is 0 Å². The van der Waals surface area contributed by atoms with E-state index in [4.69, 9.17) is 2.78 Å². The molecule has 0 saturated carbocycles. The summed E-state index contributed by atoms with van der Waals surface area (Å²) in [6.45, 7) is 4.16. The van der Waals surface area contributed by atoms with Crippen molar-refractivity contribution < 1.29 is 2.78 Å². The standard InChI is InChI=1S/C8H11NO2/c1-5(2)4-9-6-3-7(10)8(6)11/h3,5,9H,4H2,1-2H3/i3T/hT. The Morgan fingerprint density at radius 2 is 2.36 bits per heavy atom. The maximum Gasteiger partial charge on any atom is 0.248 e. The molecular formula is C8H11NO2. The fraction of sp³-hybridized carbons (Fsp3) is 0.500. The van der Waals surface area contributed by atoms with Gasteiger partial charge in [0.25, 0.3) is 0 Å². The average Bonchev–Trinajstić information content (AvgIpc) is 2.02. The maximum atomic E-state index is 10.9. The molecule has 60 valence electrons.